The van der Waals surface area contributed by atoms with Crippen LogP contribution in [-0.2, 0) is 15.9 Å². The van der Waals surface area contributed by atoms with Crippen LogP contribution in [0.15, 0.2) is 48.5 Å². The topological polar surface area (TPSA) is 91.1 Å². The highest BCUT2D eigenvalue weighted by molar-refractivity contribution is 6.01. The second-order valence-corrected chi connectivity index (χ2v) is 9.41. The van der Waals surface area contributed by atoms with Gasteiger partial charge >= 0.3 is 0 Å². The molecule has 3 aliphatic rings. The Kier molecular flexibility index (Phi) is 5.50. The minimum Gasteiger partial charge on any atom is -0.494 e. The molecule has 3 aromatic carbocycles. The minimum atomic E-state index is -0.549. The van der Waals surface area contributed by atoms with Gasteiger partial charge in [-0.2, -0.15) is 0 Å². The molecule has 0 saturated carbocycles. The summed E-state index contributed by atoms with van der Waals surface area (Å²) in [6.45, 7) is 1.87. The van der Waals surface area contributed by atoms with E-state index in [0.717, 1.165) is 22.3 Å². The van der Waals surface area contributed by atoms with E-state index < -0.39 is 11.7 Å². The van der Waals surface area contributed by atoms with Crippen LogP contribution in [0.4, 0.5) is 4.39 Å². The second kappa shape index (κ2) is 8.72. The van der Waals surface area contributed by atoms with Crippen LogP contribution in [-0.4, -0.2) is 62.3 Å². The van der Waals surface area contributed by atoms with Crippen molar-refractivity contribution in [2.75, 3.05) is 33.5 Å². The number of hydrogen-bond acceptors (Lipinski definition) is 5. The molecule has 7 nitrogen and oxygen atoms in total. The molecule has 0 spiro atoms. The van der Waals surface area contributed by atoms with Crippen LogP contribution in [0.1, 0.15) is 31.8 Å². The van der Waals surface area contributed by atoms with Gasteiger partial charge in [-0.3, -0.25) is 9.59 Å². The number of benzene rings is 3. The fourth-order valence-corrected chi connectivity index (χ4v) is 5.54. The van der Waals surface area contributed by atoms with Crippen molar-refractivity contribution < 1.29 is 28.2 Å². The van der Waals surface area contributed by atoms with E-state index in [-0.39, 0.29) is 23.7 Å². The number of fused-ring (bicyclic) bond motifs is 5. The summed E-state index contributed by atoms with van der Waals surface area (Å²) >= 11 is 0. The first kappa shape index (κ1) is 22.7. The Balaban J connectivity index is 1.38. The molecule has 1 aliphatic carbocycles. The van der Waals surface area contributed by atoms with Crippen molar-refractivity contribution in [3.8, 4) is 28.0 Å². The van der Waals surface area contributed by atoms with E-state index in [4.69, 9.17) is 19.9 Å². The van der Waals surface area contributed by atoms with Crippen molar-refractivity contribution >= 4 is 11.8 Å². The largest absolute Gasteiger partial charge is 0.494 e. The predicted octanol–water partition coefficient (Wildman–Crippen LogP) is 3.41. The summed E-state index contributed by atoms with van der Waals surface area (Å²) in [5, 5.41) is 0. The maximum Gasteiger partial charge on any atom is 0.254 e. The lowest BCUT2D eigenvalue weighted by atomic mass is 9.94. The molecule has 2 saturated heterocycles. The minimum absolute atomic E-state index is 0.0418. The Morgan fingerprint density at radius 1 is 0.944 bits per heavy atom. The third-order valence-electron chi connectivity index (χ3n) is 7.27. The van der Waals surface area contributed by atoms with Gasteiger partial charge < -0.3 is 24.8 Å². The third kappa shape index (κ3) is 3.65. The number of methoxy groups -OCH3 is 1. The Labute approximate surface area is 207 Å². The molecule has 0 aromatic heterocycles. The number of primary amides is 1. The molecule has 0 radical (unpaired) electrons. The van der Waals surface area contributed by atoms with Gasteiger partial charge in [-0.1, -0.05) is 12.1 Å². The lowest BCUT2D eigenvalue weighted by Gasteiger charge is -2.45. The van der Waals surface area contributed by atoms with E-state index in [1.165, 1.54) is 13.2 Å². The van der Waals surface area contributed by atoms with Crippen molar-refractivity contribution in [1.82, 2.24) is 4.90 Å². The van der Waals surface area contributed by atoms with Gasteiger partial charge in [-0.05, 0) is 76.2 Å². The fraction of sp³-hybridized carbons (Fsp3) is 0.286. The van der Waals surface area contributed by atoms with Crippen LogP contribution in [0.3, 0.4) is 0 Å². The molecule has 2 amide bonds. The monoisotopic (exact) mass is 488 g/mol. The molecule has 36 heavy (non-hydrogen) atoms. The number of nitrogens with zero attached hydrogens (tertiary/aromatic N) is 1. The quantitative estimate of drug-likeness (QED) is 0.476. The number of hydrogen-bond donors (Lipinski definition) is 1. The maximum absolute atomic E-state index is 14.4. The number of morpholine rings is 2. The van der Waals surface area contributed by atoms with Crippen molar-refractivity contribution in [2.45, 2.75) is 18.5 Å². The van der Waals surface area contributed by atoms with Gasteiger partial charge in [0, 0.05) is 11.1 Å². The summed E-state index contributed by atoms with van der Waals surface area (Å²) in [5.74, 6) is -0.932. The van der Waals surface area contributed by atoms with Crippen LogP contribution in [0.25, 0.3) is 22.3 Å². The third-order valence-corrected chi connectivity index (χ3v) is 7.27. The van der Waals surface area contributed by atoms with Gasteiger partial charge in [-0.25, -0.2) is 4.39 Å². The summed E-state index contributed by atoms with van der Waals surface area (Å²) in [6.07, 6.45) is 0.487. The van der Waals surface area contributed by atoms with Gasteiger partial charge in [0.25, 0.3) is 5.91 Å². The number of rotatable bonds is 4. The highest BCUT2D eigenvalue weighted by Crippen LogP contribution is 2.42. The van der Waals surface area contributed by atoms with Crippen molar-refractivity contribution in [3.63, 3.8) is 0 Å². The number of ether oxygens (including phenoxy) is 3. The first-order valence-corrected chi connectivity index (χ1v) is 11.9. The zero-order chi connectivity index (χ0) is 25.0. The Hall–Kier alpha value is -3.75. The Morgan fingerprint density at radius 2 is 1.67 bits per heavy atom. The molecule has 3 aromatic rings. The molecule has 184 valence electrons. The second-order valence-electron chi connectivity index (χ2n) is 9.41. The van der Waals surface area contributed by atoms with Crippen molar-refractivity contribution in [2.24, 2.45) is 5.73 Å². The summed E-state index contributed by atoms with van der Waals surface area (Å²) in [5.41, 5.74) is 11.6. The standard InChI is InChI=1S/C28H25FN2O5/c1-34-26-5-3-15(10-25(26)29)17-7-22-21-4-2-16(6-18(21)9-23(22)24(8-17)27(30)32)28(33)31-19-11-35-13-20(31)14-36-12-19/h2-8,10,19-20H,9,11-14H2,1H3,(H2,30,32). The number of carbonyl (C=O) groups is 2. The average molecular weight is 489 g/mol. The normalized spacial score (nSPS) is 20.0. The molecule has 0 atom stereocenters. The maximum atomic E-state index is 14.4. The van der Waals surface area contributed by atoms with Crippen LogP contribution >= 0.6 is 0 Å². The van der Waals surface area contributed by atoms with E-state index in [1.54, 1.807) is 18.2 Å². The van der Waals surface area contributed by atoms with Crippen molar-refractivity contribution in [1.29, 1.82) is 0 Å². The summed E-state index contributed by atoms with van der Waals surface area (Å²) in [6, 6.07) is 13.8. The molecular weight excluding hydrogens is 463 g/mol. The molecule has 2 heterocycles. The summed E-state index contributed by atoms with van der Waals surface area (Å²) in [7, 11) is 1.41. The lowest BCUT2D eigenvalue weighted by Crippen LogP contribution is -2.61. The van der Waals surface area contributed by atoms with Gasteiger partial charge in [0.2, 0.25) is 5.91 Å². The summed E-state index contributed by atoms with van der Waals surface area (Å²) < 4.78 is 30.7. The van der Waals surface area contributed by atoms with Gasteiger partial charge in [-0.15, -0.1) is 0 Å². The molecule has 8 heteroatoms. The smallest absolute Gasteiger partial charge is 0.254 e. The van der Waals surface area contributed by atoms with Crippen LogP contribution in [0.2, 0.25) is 0 Å². The number of carbonyl (C=O) groups excluding carboxylic acids is 2. The van der Waals surface area contributed by atoms with Gasteiger partial charge in [0.15, 0.2) is 11.6 Å². The van der Waals surface area contributed by atoms with E-state index in [0.29, 0.717) is 55.1 Å². The number of halogens is 1. The average Bonchev–Trinajstić information content (AvgIpc) is 3.24. The molecule has 0 unspecified atom stereocenters. The zero-order valence-corrected chi connectivity index (χ0v) is 19.8. The first-order valence-electron chi connectivity index (χ1n) is 11.9. The SMILES string of the molecule is COc1ccc(-c2cc(C(N)=O)c3c(c2)-c2ccc(C(=O)N4C5COCC4COC5)cc2C3)cc1F. The molecule has 2 aliphatic heterocycles. The highest BCUT2D eigenvalue weighted by atomic mass is 19.1. The lowest BCUT2D eigenvalue weighted by molar-refractivity contribution is -0.119. The van der Waals surface area contributed by atoms with E-state index >= 15 is 0 Å². The van der Waals surface area contributed by atoms with Crippen LogP contribution < -0.4 is 10.5 Å². The summed E-state index contributed by atoms with van der Waals surface area (Å²) in [4.78, 5) is 27.8. The molecule has 2 fully saturated rings. The van der Waals surface area contributed by atoms with E-state index in [2.05, 4.69) is 0 Å². The Bertz CT molecular complexity index is 1380. The molecular formula is C28H25FN2O5. The fourth-order valence-electron chi connectivity index (χ4n) is 5.54. The van der Waals surface area contributed by atoms with E-state index in [1.807, 2.05) is 29.2 Å². The molecule has 2 N–H and O–H groups in total. The van der Waals surface area contributed by atoms with Crippen molar-refractivity contribution in [3.05, 3.63) is 76.6 Å². The van der Waals surface area contributed by atoms with Crippen LogP contribution in [0, 0.1) is 5.82 Å². The molecule has 6 rings (SSSR count). The Morgan fingerprint density at radius 3 is 2.31 bits per heavy atom. The number of nitrogens with two attached hydrogens (primary N) is 1. The zero-order valence-electron chi connectivity index (χ0n) is 19.8. The van der Waals surface area contributed by atoms with Gasteiger partial charge in [0.1, 0.15) is 0 Å². The molecule has 2 bridgehead atoms. The van der Waals surface area contributed by atoms with Gasteiger partial charge in [0.05, 0.1) is 45.6 Å². The van der Waals surface area contributed by atoms with E-state index in [9.17, 15) is 14.0 Å². The first-order chi connectivity index (χ1) is 17.4. The van der Waals surface area contributed by atoms with Crippen LogP contribution in [0.5, 0.6) is 5.75 Å². The predicted molar refractivity (Wildman–Crippen MR) is 131 cm³/mol. The highest BCUT2D eigenvalue weighted by Gasteiger charge is 2.39. The number of amides is 2.